The van der Waals surface area contributed by atoms with E-state index in [9.17, 15) is 9.59 Å². The van der Waals surface area contributed by atoms with E-state index in [4.69, 9.17) is 11.6 Å². The lowest BCUT2D eigenvalue weighted by Crippen LogP contribution is -2.41. The number of carbonyl (C=O) groups is 2. The number of benzene rings is 1. The largest absolute Gasteiger partial charge is 0.345 e. The van der Waals surface area contributed by atoms with Crippen molar-refractivity contribution in [3.63, 3.8) is 0 Å². The minimum Gasteiger partial charge on any atom is -0.345 e. The second-order valence-electron chi connectivity index (χ2n) is 6.29. The molecule has 25 heavy (non-hydrogen) atoms. The van der Waals surface area contributed by atoms with Gasteiger partial charge in [-0.3, -0.25) is 9.59 Å². The van der Waals surface area contributed by atoms with E-state index >= 15 is 0 Å². The Bertz CT molecular complexity index is 799. The van der Waals surface area contributed by atoms with Crippen LogP contribution in [0.25, 0.3) is 6.08 Å². The molecule has 0 spiro atoms. The Labute approximate surface area is 151 Å². The van der Waals surface area contributed by atoms with Crippen LogP contribution in [-0.4, -0.2) is 39.6 Å². The molecule has 1 aliphatic rings. The number of aryl methyl sites for hydroxylation is 1. The van der Waals surface area contributed by atoms with Crippen molar-refractivity contribution < 1.29 is 9.59 Å². The third-order valence-electron chi connectivity index (χ3n) is 4.48. The third-order valence-corrected chi connectivity index (χ3v) is 4.72. The van der Waals surface area contributed by atoms with Gasteiger partial charge in [0, 0.05) is 35.7 Å². The Morgan fingerprint density at radius 3 is 2.96 bits per heavy atom. The van der Waals surface area contributed by atoms with Crippen molar-refractivity contribution in [1.82, 2.24) is 14.9 Å². The number of hydrogen-bond acceptors (Lipinski definition) is 3. The highest BCUT2D eigenvalue weighted by Gasteiger charge is 2.28. The van der Waals surface area contributed by atoms with Gasteiger partial charge in [-0.05, 0) is 49.6 Å². The molecule has 2 aromatic rings. The first-order valence-corrected chi connectivity index (χ1v) is 8.68. The Balaban J connectivity index is 1.68. The molecule has 3 rings (SSSR count). The number of H-pyrrole nitrogens is 1. The molecule has 1 amide bonds. The standard InChI is InChI=1S/C19H20ClN3O2/c1-13-9-15(20)4-6-17(13)19(25)14-3-2-8-23(11-14)18(24)7-5-16-10-21-12-22-16/h4-7,9-10,12,14H,2-3,8,11H2,1H3,(H,21,22)/b7-5+. The van der Waals surface area contributed by atoms with Crippen molar-refractivity contribution in [3.05, 3.63) is 58.6 Å². The highest BCUT2D eigenvalue weighted by Crippen LogP contribution is 2.24. The SMILES string of the molecule is Cc1cc(Cl)ccc1C(=O)C1CCCN(C(=O)/C=C/c2cnc[nH]2)C1. The molecule has 2 heterocycles. The zero-order valence-corrected chi connectivity index (χ0v) is 14.8. The topological polar surface area (TPSA) is 66.1 Å². The second kappa shape index (κ2) is 7.66. The molecule has 0 saturated carbocycles. The Morgan fingerprint density at radius 2 is 2.24 bits per heavy atom. The van der Waals surface area contributed by atoms with Gasteiger partial charge in [-0.2, -0.15) is 0 Å². The normalized spacial score (nSPS) is 17.8. The van der Waals surface area contributed by atoms with Crippen LogP contribution in [0.1, 0.15) is 34.5 Å². The van der Waals surface area contributed by atoms with Gasteiger partial charge in [0.05, 0.1) is 18.2 Å². The number of amides is 1. The summed E-state index contributed by atoms with van der Waals surface area (Å²) >= 11 is 5.97. The summed E-state index contributed by atoms with van der Waals surface area (Å²) in [5.41, 5.74) is 2.34. The van der Waals surface area contributed by atoms with E-state index in [0.29, 0.717) is 23.7 Å². The summed E-state index contributed by atoms with van der Waals surface area (Å²) in [6.45, 7) is 3.01. The zero-order valence-electron chi connectivity index (χ0n) is 14.0. The van der Waals surface area contributed by atoms with Gasteiger partial charge in [0.1, 0.15) is 0 Å². The maximum Gasteiger partial charge on any atom is 0.246 e. The first-order valence-electron chi connectivity index (χ1n) is 8.30. The number of halogens is 1. The van der Waals surface area contributed by atoms with Gasteiger partial charge in [-0.1, -0.05) is 11.6 Å². The second-order valence-corrected chi connectivity index (χ2v) is 6.72. The number of ketones is 1. The first kappa shape index (κ1) is 17.4. The fraction of sp³-hybridized carbons (Fsp3) is 0.316. The highest BCUT2D eigenvalue weighted by molar-refractivity contribution is 6.30. The van der Waals surface area contributed by atoms with Crippen LogP contribution in [0.5, 0.6) is 0 Å². The van der Waals surface area contributed by atoms with Gasteiger partial charge in [0.25, 0.3) is 0 Å². The van der Waals surface area contributed by atoms with E-state index in [0.717, 1.165) is 24.1 Å². The van der Waals surface area contributed by atoms with E-state index in [-0.39, 0.29) is 17.6 Å². The number of nitrogens with one attached hydrogen (secondary N) is 1. The summed E-state index contributed by atoms with van der Waals surface area (Å²) in [7, 11) is 0. The molecule has 0 bridgehead atoms. The van der Waals surface area contributed by atoms with Gasteiger partial charge >= 0.3 is 0 Å². The van der Waals surface area contributed by atoms with Crippen LogP contribution < -0.4 is 0 Å². The number of aromatic nitrogens is 2. The number of imidazole rings is 1. The van der Waals surface area contributed by atoms with Crippen LogP contribution in [-0.2, 0) is 4.79 Å². The predicted octanol–water partition coefficient (Wildman–Crippen LogP) is 3.51. The molecular weight excluding hydrogens is 338 g/mol. The summed E-state index contributed by atoms with van der Waals surface area (Å²) in [6, 6.07) is 5.31. The average molecular weight is 358 g/mol. The van der Waals surface area contributed by atoms with Crippen LogP contribution in [0.3, 0.4) is 0 Å². The molecule has 1 fully saturated rings. The van der Waals surface area contributed by atoms with E-state index in [1.807, 2.05) is 6.92 Å². The lowest BCUT2D eigenvalue weighted by Gasteiger charge is -2.31. The third kappa shape index (κ3) is 4.17. The van der Waals surface area contributed by atoms with E-state index in [2.05, 4.69) is 9.97 Å². The molecular formula is C19H20ClN3O2. The predicted molar refractivity (Wildman–Crippen MR) is 97.4 cm³/mol. The molecule has 0 radical (unpaired) electrons. The molecule has 1 aliphatic heterocycles. The molecule has 1 aromatic heterocycles. The monoisotopic (exact) mass is 357 g/mol. The van der Waals surface area contributed by atoms with Gasteiger partial charge in [0.2, 0.25) is 5.91 Å². The quantitative estimate of drug-likeness (QED) is 0.672. The van der Waals surface area contributed by atoms with E-state index < -0.39 is 0 Å². The number of hydrogen-bond donors (Lipinski definition) is 1. The molecule has 5 nitrogen and oxygen atoms in total. The minimum absolute atomic E-state index is 0.0834. The molecule has 1 atom stereocenters. The maximum absolute atomic E-state index is 12.8. The number of aromatic amines is 1. The Kier molecular flexibility index (Phi) is 5.34. The summed E-state index contributed by atoms with van der Waals surface area (Å²) < 4.78 is 0. The van der Waals surface area contributed by atoms with Crippen molar-refractivity contribution in [2.45, 2.75) is 19.8 Å². The van der Waals surface area contributed by atoms with Gasteiger partial charge in [-0.25, -0.2) is 4.98 Å². The zero-order chi connectivity index (χ0) is 17.8. The Hall–Kier alpha value is -2.40. The van der Waals surface area contributed by atoms with Crippen LogP contribution in [0.15, 0.2) is 36.8 Å². The molecule has 130 valence electrons. The fourth-order valence-electron chi connectivity index (χ4n) is 3.14. The molecule has 6 heteroatoms. The van der Waals surface area contributed by atoms with E-state index in [1.165, 1.54) is 6.08 Å². The fourth-order valence-corrected chi connectivity index (χ4v) is 3.37. The number of Topliss-reactive ketones (excluding diaryl/α,β-unsaturated/α-hetero) is 1. The van der Waals surface area contributed by atoms with Crippen molar-refractivity contribution >= 4 is 29.4 Å². The van der Waals surface area contributed by atoms with Gasteiger partial charge in [-0.15, -0.1) is 0 Å². The summed E-state index contributed by atoms with van der Waals surface area (Å²) in [5, 5.41) is 0.624. The molecule has 1 saturated heterocycles. The van der Waals surface area contributed by atoms with Crippen molar-refractivity contribution in [2.75, 3.05) is 13.1 Å². The summed E-state index contributed by atoms with van der Waals surface area (Å²) in [5.74, 6) is -0.165. The number of likely N-dealkylation sites (tertiary alicyclic amines) is 1. The van der Waals surface area contributed by atoms with Crippen molar-refractivity contribution in [2.24, 2.45) is 5.92 Å². The van der Waals surface area contributed by atoms with Crippen LogP contribution in [0.2, 0.25) is 5.02 Å². The van der Waals surface area contributed by atoms with Gasteiger partial charge in [0.15, 0.2) is 5.78 Å². The molecule has 1 aromatic carbocycles. The maximum atomic E-state index is 12.8. The first-order chi connectivity index (χ1) is 12.0. The summed E-state index contributed by atoms with van der Waals surface area (Å²) in [4.78, 5) is 33.8. The van der Waals surface area contributed by atoms with E-state index in [1.54, 1.807) is 41.7 Å². The van der Waals surface area contributed by atoms with Crippen molar-refractivity contribution in [1.29, 1.82) is 0 Å². The number of carbonyl (C=O) groups excluding carboxylic acids is 2. The summed E-state index contributed by atoms with van der Waals surface area (Å²) in [6.07, 6.45) is 8.06. The molecule has 1 N–H and O–H groups in total. The van der Waals surface area contributed by atoms with Crippen molar-refractivity contribution in [3.8, 4) is 0 Å². The number of nitrogens with zero attached hydrogens (tertiary/aromatic N) is 2. The van der Waals surface area contributed by atoms with Crippen LogP contribution in [0, 0.1) is 12.8 Å². The smallest absolute Gasteiger partial charge is 0.246 e. The molecule has 0 aliphatic carbocycles. The number of rotatable bonds is 4. The minimum atomic E-state index is -0.168. The number of piperidine rings is 1. The van der Waals surface area contributed by atoms with Crippen LogP contribution >= 0.6 is 11.6 Å². The highest BCUT2D eigenvalue weighted by atomic mass is 35.5. The molecule has 1 unspecified atom stereocenters. The lowest BCUT2D eigenvalue weighted by atomic mass is 9.88. The Morgan fingerprint density at radius 1 is 1.40 bits per heavy atom. The van der Waals surface area contributed by atoms with Gasteiger partial charge < -0.3 is 9.88 Å². The van der Waals surface area contributed by atoms with Crippen LogP contribution in [0.4, 0.5) is 0 Å². The average Bonchev–Trinajstić information content (AvgIpc) is 3.13. The lowest BCUT2D eigenvalue weighted by molar-refractivity contribution is -0.127.